The lowest BCUT2D eigenvalue weighted by Gasteiger charge is -2.19. The van der Waals surface area contributed by atoms with E-state index in [4.69, 9.17) is 0 Å². The quantitative estimate of drug-likeness (QED) is 0.797. The highest BCUT2D eigenvalue weighted by Crippen LogP contribution is 2.22. The first-order valence-corrected chi connectivity index (χ1v) is 6.90. The predicted octanol–water partition coefficient (Wildman–Crippen LogP) is 3.85. The molecule has 0 saturated heterocycles. The molecule has 0 heterocycles. The van der Waals surface area contributed by atoms with Crippen LogP contribution < -0.4 is 5.32 Å². The zero-order valence-corrected chi connectivity index (χ0v) is 11.1. The molecule has 1 aromatic carbocycles. The van der Waals surface area contributed by atoms with Gasteiger partial charge < -0.3 is 5.32 Å². The van der Waals surface area contributed by atoms with Crippen LogP contribution in [-0.4, -0.2) is 13.1 Å². The van der Waals surface area contributed by atoms with Gasteiger partial charge in [0.05, 0.1) is 0 Å². The molecule has 1 aromatic rings. The predicted molar refractivity (Wildman–Crippen MR) is 74.1 cm³/mol. The molecule has 98 valence electrons. The van der Waals surface area contributed by atoms with Crippen LogP contribution in [0.5, 0.6) is 0 Å². The fraction of sp³-hybridized carbons (Fsp3) is 0.500. The van der Waals surface area contributed by atoms with Gasteiger partial charge in [-0.05, 0) is 56.8 Å². The largest absolute Gasteiger partial charge is 0.313 e. The first kappa shape index (κ1) is 13.3. The Kier molecular flexibility index (Phi) is 4.94. The number of likely N-dealkylation sites (N-methyl/N-ethyl adjacent to an activating group) is 1. The fourth-order valence-corrected chi connectivity index (χ4v) is 2.67. The maximum atomic E-state index is 13.2. The zero-order valence-electron chi connectivity index (χ0n) is 11.1. The van der Waals surface area contributed by atoms with Crippen molar-refractivity contribution >= 4 is 0 Å². The number of nitrogens with one attached hydrogen (secondary N) is 1. The fourth-order valence-electron chi connectivity index (χ4n) is 2.67. The molecule has 0 fully saturated rings. The monoisotopic (exact) mass is 247 g/mol. The smallest absolute Gasteiger partial charge is 0.123 e. The highest BCUT2D eigenvalue weighted by molar-refractivity contribution is 5.22. The number of benzene rings is 1. The summed E-state index contributed by atoms with van der Waals surface area (Å²) in [7, 11) is 2.00. The summed E-state index contributed by atoms with van der Waals surface area (Å²) in [5.41, 5.74) is 2.57. The highest BCUT2D eigenvalue weighted by atomic mass is 19.1. The summed E-state index contributed by atoms with van der Waals surface area (Å²) < 4.78 is 13.2. The Labute approximate surface area is 109 Å². The van der Waals surface area contributed by atoms with E-state index in [1.165, 1.54) is 43.7 Å². The number of halogens is 1. The lowest BCUT2D eigenvalue weighted by atomic mass is 9.95. The van der Waals surface area contributed by atoms with E-state index < -0.39 is 0 Å². The molecule has 0 radical (unpaired) electrons. The third-order valence-corrected chi connectivity index (χ3v) is 3.70. The molecular weight excluding hydrogens is 225 g/mol. The Balaban J connectivity index is 2.06. The molecule has 18 heavy (non-hydrogen) atoms. The number of hydrogen-bond acceptors (Lipinski definition) is 1. The van der Waals surface area contributed by atoms with Gasteiger partial charge in [-0.1, -0.05) is 30.2 Å². The van der Waals surface area contributed by atoms with Gasteiger partial charge in [-0.3, -0.25) is 0 Å². The maximum Gasteiger partial charge on any atom is 0.123 e. The Morgan fingerprint density at radius 1 is 1.28 bits per heavy atom. The van der Waals surface area contributed by atoms with E-state index in [2.05, 4.69) is 11.4 Å². The molecule has 0 aliphatic heterocycles. The molecule has 2 rings (SSSR count). The van der Waals surface area contributed by atoms with Crippen molar-refractivity contribution in [3.8, 4) is 0 Å². The van der Waals surface area contributed by atoms with Gasteiger partial charge in [0.1, 0.15) is 5.82 Å². The molecular formula is C16H22FN. The first-order valence-electron chi connectivity index (χ1n) is 6.90. The summed E-state index contributed by atoms with van der Waals surface area (Å²) in [5.74, 6) is -0.141. The van der Waals surface area contributed by atoms with Gasteiger partial charge in [0.15, 0.2) is 0 Å². The molecule has 1 aliphatic rings. The van der Waals surface area contributed by atoms with Crippen LogP contribution in [-0.2, 0) is 6.42 Å². The topological polar surface area (TPSA) is 12.0 Å². The van der Waals surface area contributed by atoms with Crippen molar-refractivity contribution in [2.45, 2.75) is 44.6 Å². The van der Waals surface area contributed by atoms with Crippen molar-refractivity contribution in [1.82, 2.24) is 5.32 Å². The number of hydrogen-bond donors (Lipinski definition) is 1. The van der Waals surface area contributed by atoms with E-state index in [1.807, 2.05) is 13.1 Å². The van der Waals surface area contributed by atoms with Gasteiger partial charge in [0.2, 0.25) is 0 Å². The van der Waals surface area contributed by atoms with Crippen molar-refractivity contribution in [1.29, 1.82) is 0 Å². The maximum absolute atomic E-state index is 13.2. The highest BCUT2D eigenvalue weighted by Gasteiger charge is 2.14. The lowest BCUT2D eigenvalue weighted by molar-refractivity contribution is 0.590. The lowest BCUT2D eigenvalue weighted by Crippen LogP contribution is -2.29. The van der Waals surface area contributed by atoms with Gasteiger partial charge in [-0.15, -0.1) is 0 Å². The molecule has 1 N–H and O–H groups in total. The SMILES string of the molecule is CNC(Cc1cccc(F)c1)C1=CCCCCC1. The van der Waals surface area contributed by atoms with Crippen LogP contribution in [0.1, 0.15) is 37.7 Å². The van der Waals surface area contributed by atoms with Crippen molar-refractivity contribution in [2.75, 3.05) is 7.05 Å². The van der Waals surface area contributed by atoms with Crippen molar-refractivity contribution in [2.24, 2.45) is 0 Å². The van der Waals surface area contributed by atoms with E-state index in [0.29, 0.717) is 6.04 Å². The van der Waals surface area contributed by atoms with Crippen LogP contribution in [0.15, 0.2) is 35.9 Å². The van der Waals surface area contributed by atoms with Gasteiger partial charge in [-0.2, -0.15) is 0 Å². The Morgan fingerprint density at radius 3 is 2.94 bits per heavy atom. The van der Waals surface area contributed by atoms with E-state index in [9.17, 15) is 4.39 Å². The Bertz CT molecular complexity index is 411. The minimum Gasteiger partial charge on any atom is -0.313 e. The third kappa shape index (κ3) is 3.67. The van der Waals surface area contributed by atoms with Crippen LogP contribution in [0.2, 0.25) is 0 Å². The average Bonchev–Trinajstić information content (AvgIpc) is 2.65. The second kappa shape index (κ2) is 6.69. The van der Waals surface area contributed by atoms with E-state index in [1.54, 1.807) is 12.1 Å². The van der Waals surface area contributed by atoms with E-state index >= 15 is 0 Å². The number of rotatable bonds is 4. The summed E-state index contributed by atoms with van der Waals surface area (Å²) in [6, 6.07) is 7.29. The number of allylic oxidation sites excluding steroid dienone is 1. The molecule has 1 aliphatic carbocycles. The molecule has 0 aromatic heterocycles. The van der Waals surface area contributed by atoms with Crippen molar-refractivity contribution in [3.63, 3.8) is 0 Å². The summed E-state index contributed by atoms with van der Waals surface area (Å²) in [6.45, 7) is 0. The summed E-state index contributed by atoms with van der Waals surface area (Å²) in [6.07, 6.45) is 9.55. The second-order valence-electron chi connectivity index (χ2n) is 5.05. The molecule has 2 heteroatoms. The third-order valence-electron chi connectivity index (χ3n) is 3.70. The van der Waals surface area contributed by atoms with Gasteiger partial charge in [0, 0.05) is 6.04 Å². The minimum atomic E-state index is -0.141. The standard InChI is InChI=1S/C16H22FN/c1-18-16(14-8-4-2-3-5-9-14)12-13-7-6-10-15(17)11-13/h6-8,10-11,16,18H,2-5,9,12H2,1H3. The van der Waals surface area contributed by atoms with Crippen LogP contribution in [0.4, 0.5) is 4.39 Å². The molecule has 1 unspecified atom stereocenters. The zero-order chi connectivity index (χ0) is 12.8. The molecule has 0 bridgehead atoms. The minimum absolute atomic E-state index is 0.141. The summed E-state index contributed by atoms with van der Waals surface area (Å²) in [5, 5.41) is 3.38. The summed E-state index contributed by atoms with van der Waals surface area (Å²) >= 11 is 0. The van der Waals surface area contributed by atoms with E-state index in [-0.39, 0.29) is 5.82 Å². The van der Waals surface area contributed by atoms with Gasteiger partial charge in [-0.25, -0.2) is 4.39 Å². The van der Waals surface area contributed by atoms with Crippen LogP contribution in [0, 0.1) is 5.82 Å². The first-order chi connectivity index (χ1) is 8.79. The van der Waals surface area contributed by atoms with Crippen molar-refractivity contribution in [3.05, 3.63) is 47.3 Å². The van der Waals surface area contributed by atoms with E-state index in [0.717, 1.165) is 12.0 Å². The molecule has 1 atom stereocenters. The van der Waals surface area contributed by atoms with Crippen LogP contribution in [0.3, 0.4) is 0 Å². The normalized spacial score (nSPS) is 18.0. The Hall–Kier alpha value is -1.15. The molecule has 0 saturated carbocycles. The Morgan fingerprint density at radius 2 is 2.17 bits per heavy atom. The average molecular weight is 247 g/mol. The van der Waals surface area contributed by atoms with Crippen LogP contribution in [0.25, 0.3) is 0 Å². The second-order valence-corrected chi connectivity index (χ2v) is 5.05. The van der Waals surface area contributed by atoms with Gasteiger partial charge in [0.25, 0.3) is 0 Å². The molecule has 0 spiro atoms. The summed E-state index contributed by atoms with van der Waals surface area (Å²) in [4.78, 5) is 0. The molecule has 0 amide bonds. The van der Waals surface area contributed by atoms with Gasteiger partial charge >= 0.3 is 0 Å². The molecule has 1 nitrogen and oxygen atoms in total. The van der Waals surface area contributed by atoms with Crippen molar-refractivity contribution < 1.29 is 4.39 Å². The van der Waals surface area contributed by atoms with Crippen LogP contribution >= 0.6 is 0 Å².